The largest absolute Gasteiger partial charge is 0.489 e. The number of hydrogen-bond acceptors (Lipinski definition) is 5. The first kappa shape index (κ1) is 25.0. The number of nitrogens with one attached hydrogen (secondary N) is 2. The zero-order valence-corrected chi connectivity index (χ0v) is 21.9. The van der Waals surface area contributed by atoms with Gasteiger partial charge in [0.2, 0.25) is 0 Å². The molecule has 2 aromatic rings. The van der Waals surface area contributed by atoms with Crippen molar-refractivity contribution in [2.75, 3.05) is 26.2 Å². The first-order chi connectivity index (χ1) is 16.3. The van der Waals surface area contributed by atoms with Crippen LogP contribution in [0, 0.1) is 0 Å². The molecule has 2 aliphatic rings. The third-order valence-electron chi connectivity index (χ3n) is 6.47. The number of benzene rings is 2. The van der Waals surface area contributed by atoms with Crippen molar-refractivity contribution in [3.8, 4) is 5.75 Å². The normalized spacial score (nSPS) is 21.8. The van der Waals surface area contributed by atoms with Gasteiger partial charge in [0.1, 0.15) is 18.5 Å². The minimum absolute atomic E-state index is 0.0139. The maximum atomic E-state index is 12.7. The number of carbonyl (C=O) groups is 1. The number of hydrogen-bond donors (Lipinski definition) is 2. The second-order valence-electron chi connectivity index (χ2n) is 10.2. The fourth-order valence-electron chi connectivity index (χ4n) is 4.34. The second-order valence-corrected chi connectivity index (χ2v) is 11.1. The van der Waals surface area contributed by atoms with E-state index >= 15 is 0 Å². The van der Waals surface area contributed by atoms with Crippen molar-refractivity contribution in [2.24, 2.45) is 0 Å². The summed E-state index contributed by atoms with van der Waals surface area (Å²) in [5, 5.41) is 6.87. The molecule has 1 aliphatic heterocycles. The van der Waals surface area contributed by atoms with Crippen LogP contribution in [0.1, 0.15) is 50.7 Å². The number of rotatable bonds is 9. The van der Waals surface area contributed by atoms with Gasteiger partial charge in [0.25, 0.3) is 0 Å². The van der Waals surface area contributed by atoms with E-state index in [2.05, 4.69) is 83.7 Å². The van der Waals surface area contributed by atoms with Crippen molar-refractivity contribution < 1.29 is 14.3 Å². The Balaban J connectivity index is 1.21. The van der Waals surface area contributed by atoms with Crippen molar-refractivity contribution in [2.45, 2.75) is 63.8 Å². The monoisotopic (exact) mass is 529 g/mol. The summed E-state index contributed by atoms with van der Waals surface area (Å²) in [7, 11) is 0. The van der Waals surface area contributed by atoms with Gasteiger partial charge in [-0.25, -0.2) is 4.79 Å². The quantitative estimate of drug-likeness (QED) is 0.474. The van der Waals surface area contributed by atoms with E-state index in [9.17, 15) is 4.79 Å². The second kappa shape index (κ2) is 11.1. The molecular formula is C27H36BrN3O3. The lowest BCUT2D eigenvalue weighted by Crippen LogP contribution is -2.49. The van der Waals surface area contributed by atoms with Gasteiger partial charge >= 0.3 is 6.09 Å². The maximum absolute atomic E-state index is 12.7. The van der Waals surface area contributed by atoms with E-state index in [1.165, 1.54) is 5.56 Å². The molecule has 1 amide bonds. The summed E-state index contributed by atoms with van der Waals surface area (Å²) in [5.41, 5.74) is 2.20. The molecule has 0 radical (unpaired) electrons. The molecule has 6 nitrogen and oxygen atoms in total. The number of halogens is 1. The summed E-state index contributed by atoms with van der Waals surface area (Å²) in [6.07, 6.45) is 1.78. The van der Waals surface area contributed by atoms with Gasteiger partial charge in [-0.1, -0.05) is 40.2 Å². The average Bonchev–Trinajstić information content (AvgIpc) is 3.39. The van der Waals surface area contributed by atoms with Gasteiger partial charge in [-0.2, -0.15) is 0 Å². The van der Waals surface area contributed by atoms with Crippen LogP contribution in [0.15, 0.2) is 53.0 Å². The lowest BCUT2D eigenvalue weighted by atomic mass is 10.1. The standard InChI is InChI=1S/C27H36BrN3O3/c1-27(2,3)31(26(32)34-23-12-13-29-17-23)15-14-30-25-16-24(25)20-6-10-22(11-7-20)33-18-19-4-8-21(28)9-5-19/h4-11,23-25,29-30H,12-18H2,1-3H3/t23-,24+,25-/m1/s1. The molecule has 34 heavy (non-hydrogen) atoms. The molecule has 0 bridgehead atoms. The molecule has 0 unspecified atom stereocenters. The van der Waals surface area contributed by atoms with Gasteiger partial charge < -0.3 is 25.0 Å². The Kier molecular flexibility index (Phi) is 8.17. The molecule has 0 spiro atoms. The third-order valence-corrected chi connectivity index (χ3v) is 7.00. The Morgan fingerprint density at radius 1 is 1.15 bits per heavy atom. The Morgan fingerprint density at radius 3 is 2.53 bits per heavy atom. The minimum atomic E-state index is -0.278. The van der Waals surface area contributed by atoms with Crippen LogP contribution >= 0.6 is 15.9 Å². The Labute approximate surface area is 211 Å². The van der Waals surface area contributed by atoms with Crippen molar-refractivity contribution in [3.63, 3.8) is 0 Å². The van der Waals surface area contributed by atoms with Crippen molar-refractivity contribution in [1.29, 1.82) is 0 Å². The fourth-order valence-corrected chi connectivity index (χ4v) is 4.61. The molecule has 4 rings (SSSR count). The van der Waals surface area contributed by atoms with E-state index in [-0.39, 0.29) is 17.7 Å². The minimum Gasteiger partial charge on any atom is -0.489 e. The summed E-state index contributed by atoms with van der Waals surface area (Å²) >= 11 is 3.46. The SMILES string of the molecule is CC(C)(C)N(CCN[C@@H]1C[C@H]1c1ccc(OCc2ccc(Br)cc2)cc1)C(=O)O[C@@H]1CCNC1. The summed E-state index contributed by atoms with van der Waals surface area (Å²) in [4.78, 5) is 14.6. The lowest BCUT2D eigenvalue weighted by molar-refractivity contribution is 0.0435. The smallest absolute Gasteiger partial charge is 0.410 e. The van der Waals surface area contributed by atoms with Crippen molar-refractivity contribution in [3.05, 3.63) is 64.1 Å². The van der Waals surface area contributed by atoms with Gasteiger partial charge in [-0.3, -0.25) is 0 Å². The molecule has 1 heterocycles. The summed E-state index contributed by atoms with van der Waals surface area (Å²) in [5.74, 6) is 1.40. The van der Waals surface area contributed by atoms with E-state index in [4.69, 9.17) is 9.47 Å². The van der Waals surface area contributed by atoms with E-state index in [1.54, 1.807) is 0 Å². The molecule has 0 aromatic heterocycles. The topological polar surface area (TPSA) is 62.8 Å². The lowest BCUT2D eigenvalue weighted by Gasteiger charge is -2.35. The van der Waals surface area contributed by atoms with E-state index in [1.807, 2.05) is 17.0 Å². The number of amides is 1. The molecule has 2 aromatic carbocycles. The third kappa shape index (κ3) is 6.96. The van der Waals surface area contributed by atoms with Crippen LogP contribution < -0.4 is 15.4 Å². The summed E-state index contributed by atoms with van der Waals surface area (Å²) < 4.78 is 12.7. The highest BCUT2D eigenvalue weighted by Crippen LogP contribution is 2.41. The van der Waals surface area contributed by atoms with Crippen LogP contribution in [0.4, 0.5) is 4.79 Å². The van der Waals surface area contributed by atoms with Crippen LogP contribution in [-0.2, 0) is 11.3 Å². The molecule has 184 valence electrons. The molecule has 1 saturated heterocycles. The van der Waals surface area contributed by atoms with Crippen LogP contribution in [0.25, 0.3) is 0 Å². The van der Waals surface area contributed by atoms with Crippen LogP contribution in [0.3, 0.4) is 0 Å². The molecule has 3 atom stereocenters. The number of nitrogens with zero attached hydrogens (tertiary/aromatic N) is 1. The molecule has 7 heteroatoms. The van der Waals surface area contributed by atoms with Gasteiger partial charge in [0.15, 0.2) is 0 Å². The Morgan fingerprint density at radius 2 is 1.88 bits per heavy atom. The first-order valence-corrected chi connectivity index (χ1v) is 13.0. The van der Waals surface area contributed by atoms with Crippen molar-refractivity contribution >= 4 is 22.0 Å². The average molecular weight is 531 g/mol. The highest BCUT2D eigenvalue weighted by molar-refractivity contribution is 9.10. The fraction of sp³-hybridized carbons (Fsp3) is 0.519. The molecule has 1 saturated carbocycles. The zero-order valence-electron chi connectivity index (χ0n) is 20.4. The maximum Gasteiger partial charge on any atom is 0.410 e. The summed E-state index contributed by atoms with van der Waals surface area (Å²) in [6.45, 7) is 9.78. The van der Waals surface area contributed by atoms with Gasteiger partial charge in [-0.15, -0.1) is 0 Å². The van der Waals surface area contributed by atoms with Gasteiger partial charge in [-0.05, 0) is 75.5 Å². The molecule has 2 fully saturated rings. The Hall–Kier alpha value is -2.09. The van der Waals surface area contributed by atoms with Gasteiger partial charge in [0.05, 0.1) is 0 Å². The highest BCUT2D eigenvalue weighted by atomic mass is 79.9. The van der Waals surface area contributed by atoms with Crippen LogP contribution in [0.5, 0.6) is 5.75 Å². The molecule has 2 N–H and O–H groups in total. The molecule has 1 aliphatic carbocycles. The van der Waals surface area contributed by atoms with Gasteiger partial charge in [0, 0.05) is 41.6 Å². The molecular weight excluding hydrogens is 494 g/mol. The summed E-state index contributed by atoms with van der Waals surface area (Å²) in [6, 6.07) is 17.1. The van der Waals surface area contributed by atoms with E-state index in [0.717, 1.165) is 48.3 Å². The Bertz CT molecular complexity index is 937. The van der Waals surface area contributed by atoms with Crippen LogP contribution in [0.2, 0.25) is 0 Å². The number of ether oxygens (including phenoxy) is 2. The highest BCUT2D eigenvalue weighted by Gasteiger charge is 2.38. The first-order valence-electron chi connectivity index (χ1n) is 12.2. The van der Waals surface area contributed by atoms with Crippen molar-refractivity contribution in [1.82, 2.24) is 15.5 Å². The number of carbonyl (C=O) groups excluding carboxylic acids is 1. The van der Waals surface area contributed by atoms with Crippen LogP contribution in [-0.4, -0.2) is 54.9 Å². The van der Waals surface area contributed by atoms with E-state index in [0.29, 0.717) is 25.1 Å². The predicted molar refractivity (Wildman–Crippen MR) is 138 cm³/mol. The zero-order chi connectivity index (χ0) is 24.1. The predicted octanol–water partition coefficient (Wildman–Crippen LogP) is 5.07. The van der Waals surface area contributed by atoms with E-state index < -0.39 is 0 Å².